The first-order valence-corrected chi connectivity index (χ1v) is 12.7. The minimum absolute atomic E-state index is 0.167. The van der Waals surface area contributed by atoms with E-state index in [1.165, 1.54) is 11.3 Å². The lowest BCUT2D eigenvalue weighted by molar-refractivity contribution is -0.168. The number of amides is 4. The van der Waals surface area contributed by atoms with Gasteiger partial charge in [-0.1, -0.05) is 34.1 Å². The molecule has 12 heteroatoms. The van der Waals surface area contributed by atoms with Gasteiger partial charge in [0, 0.05) is 18.1 Å². The molecule has 0 bridgehead atoms. The van der Waals surface area contributed by atoms with Gasteiger partial charge in [-0.2, -0.15) is 0 Å². The van der Waals surface area contributed by atoms with Crippen LogP contribution in [0.3, 0.4) is 0 Å². The molecule has 35 heavy (non-hydrogen) atoms. The molecule has 0 saturated carbocycles. The number of alkyl carbamates (subject to hydrolysis) is 1. The van der Waals surface area contributed by atoms with Gasteiger partial charge in [0.05, 0.1) is 18.6 Å². The van der Waals surface area contributed by atoms with E-state index in [-0.39, 0.29) is 18.9 Å². The summed E-state index contributed by atoms with van der Waals surface area (Å²) in [6.07, 6.45) is 3.00. The van der Waals surface area contributed by atoms with Crippen LogP contribution in [0.5, 0.6) is 0 Å². The molecule has 0 aliphatic rings. The van der Waals surface area contributed by atoms with Gasteiger partial charge in [0.2, 0.25) is 18.2 Å². The molecule has 0 spiro atoms. The molecule has 1 heterocycles. The zero-order valence-corrected chi connectivity index (χ0v) is 22.2. The Morgan fingerprint density at radius 1 is 1.26 bits per heavy atom. The lowest BCUT2D eigenvalue weighted by atomic mass is 9.78. The van der Waals surface area contributed by atoms with E-state index in [2.05, 4.69) is 20.9 Å². The molecular formula is C23H39N5O6S. The van der Waals surface area contributed by atoms with Crippen molar-refractivity contribution in [2.75, 3.05) is 18.5 Å². The molecule has 198 valence electrons. The van der Waals surface area contributed by atoms with E-state index in [0.717, 1.165) is 0 Å². The van der Waals surface area contributed by atoms with Gasteiger partial charge < -0.3 is 20.7 Å². The Labute approximate surface area is 211 Å². The molecule has 0 saturated heterocycles. The smallest absolute Gasteiger partial charge is 0.407 e. The van der Waals surface area contributed by atoms with Crippen LogP contribution < -0.4 is 16.0 Å². The zero-order valence-electron chi connectivity index (χ0n) is 21.4. The number of aromatic nitrogens is 1. The number of hydrogen-bond donors (Lipinski definition) is 4. The van der Waals surface area contributed by atoms with Crippen LogP contribution in [0.25, 0.3) is 0 Å². The van der Waals surface area contributed by atoms with Gasteiger partial charge in [-0.3, -0.25) is 19.6 Å². The Balaban J connectivity index is 3.09. The van der Waals surface area contributed by atoms with E-state index >= 15 is 0 Å². The third-order valence-electron chi connectivity index (χ3n) is 6.14. The van der Waals surface area contributed by atoms with E-state index in [4.69, 9.17) is 4.74 Å². The first-order valence-electron chi connectivity index (χ1n) is 11.8. The van der Waals surface area contributed by atoms with Crippen LogP contribution in [-0.2, 0) is 19.1 Å². The fourth-order valence-electron chi connectivity index (χ4n) is 3.85. The molecule has 0 fully saturated rings. The number of ether oxygens (including phenoxy) is 1. The van der Waals surface area contributed by atoms with Crippen LogP contribution in [0.15, 0.2) is 11.6 Å². The minimum Gasteiger partial charge on any atom is -0.450 e. The number of carbonyl (C=O) groups excluding carboxylic acids is 4. The number of hydrogen-bond acceptors (Lipinski definition) is 8. The standard InChI is InChI=1S/C23H39N5O6S/c1-7-15(3)17(16(4)28(33)14-29)19(30)26-18(20(31)27-21-24-12-13-35-21)23(5,6)10-9-11-25-22(32)34-8-2/h12-18,33H,7-11H2,1-6H3,(H,25,32)(H,26,30)(H,24,27,31)/t15-,16+,17-,18-/m1/s1. The molecule has 0 radical (unpaired) electrons. The average Bonchev–Trinajstić information content (AvgIpc) is 3.32. The van der Waals surface area contributed by atoms with Crippen LogP contribution in [0.1, 0.15) is 60.8 Å². The van der Waals surface area contributed by atoms with Gasteiger partial charge in [-0.05, 0) is 38.0 Å². The first kappa shape index (κ1) is 30.3. The molecule has 0 aliphatic carbocycles. The Kier molecular flexibility index (Phi) is 12.7. The number of thiazole rings is 1. The van der Waals surface area contributed by atoms with Crippen molar-refractivity contribution < 1.29 is 29.1 Å². The van der Waals surface area contributed by atoms with Crippen LogP contribution >= 0.6 is 11.3 Å². The predicted molar refractivity (Wildman–Crippen MR) is 133 cm³/mol. The number of nitrogens with zero attached hydrogens (tertiary/aromatic N) is 2. The van der Waals surface area contributed by atoms with Crippen molar-refractivity contribution in [1.29, 1.82) is 0 Å². The maximum atomic E-state index is 13.4. The van der Waals surface area contributed by atoms with Crippen LogP contribution in [0, 0.1) is 17.3 Å². The summed E-state index contributed by atoms with van der Waals surface area (Å²) in [4.78, 5) is 53.4. The van der Waals surface area contributed by atoms with Gasteiger partial charge in [-0.15, -0.1) is 11.3 Å². The Morgan fingerprint density at radius 3 is 2.49 bits per heavy atom. The van der Waals surface area contributed by atoms with Crippen molar-refractivity contribution in [3.63, 3.8) is 0 Å². The molecule has 1 aromatic rings. The fourth-order valence-corrected chi connectivity index (χ4v) is 4.38. The van der Waals surface area contributed by atoms with Crippen molar-refractivity contribution in [2.24, 2.45) is 17.3 Å². The highest BCUT2D eigenvalue weighted by atomic mass is 32.1. The molecule has 4 amide bonds. The Hall–Kier alpha value is -2.73. The summed E-state index contributed by atoms with van der Waals surface area (Å²) in [7, 11) is 0. The van der Waals surface area contributed by atoms with Gasteiger partial charge in [0.25, 0.3) is 0 Å². The Morgan fingerprint density at radius 2 is 1.94 bits per heavy atom. The molecule has 11 nitrogen and oxygen atoms in total. The van der Waals surface area contributed by atoms with Crippen molar-refractivity contribution >= 4 is 40.8 Å². The summed E-state index contributed by atoms with van der Waals surface area (Å²) >= 11 is 1.26. The highest BCUT2D eigenvalue weighted by molar-refractivity contribution is 7.13. The van der Waals surface area contributed by atoms with Gasteiger partial charge in [0.15, 0.2) is 5.13 Å². The second kappa shape index (κ2) is 14.6. The SMILES string of the molecule is CCOC(=O)NCCCC(C)(C)[C@H](NC(=O)[C@H]([C@H](C)CC)[C@H](C)N(O)C=O)C(=O)Nc1nccs1. The van der Waals surface area contributed by atoms with E-state index in [0.29, 0.717) is 36.0 Å². The first-order chi connectivity index (χ1) is 16.5. The van der Waals surface area contributed by atoms with Gasteiger partial charge in [-0.25, -0.2) is 14.8 Å². The van der Waals surface area contributed by atoms with Crippen molar-refractivity contribution in [1.82, 2.24) is 20.7 Å². The molecule has 4 N–H and O–H groups in total. The minimum atomic E-state index is -0.941. The zero-order chi connectivity index (χ0) is 26.6. The number of nitrogens with one attached hydrogen (secondary N) is 3. The maximum Gasteiger partial charge on any atom is 0.407 e. The van der Waals surface area contributed by atoms with E-state index < -0.39 is 41.3 Å². The lowest BCUT2D eigenvalue weighted by Gasteiger charge is -2.37. The quantitative estimate of drug-likeness (QED) is 0.122. The summed E-state index contributed by atoms with van der Waals surface area (Å²) in [6.45, 7) is 11.4. The second-order valence-corrected chi connectivity index (χ2v) is 10.0. The number of anilines is 1. The van der Waals surface area contributed by atoms with Crippen LogP contribution in [-0.4, -0.2) is 64.8 Å². The van der Waals surface area contributed by atoms with Crippen molar-refractivity contribution in [3.05, 3.63) is 11.6 Å². The Bertz CT molecular complexity index is 819. The topological polar surface area (TPSA) is 150 Å². The van der Waals surface area contributed by atoms with Gasteiger partial charge in [0.1, 0.15) is 6.04 Å². The summed E-state index contributed by atoms with van der Waals surface area (Å²) < 4.78 is 4.86. The maximum absolute atomic E-state index is 13.4. The molecule has 1 aromatic heterocycles. The summed E-state index contributed by atoms with van der Waals surface area (Å²) in [5.41, 5.74) is -0.708. The monoisotopic (exact) mass is 513 g/mol. The molecule has 0 aromatic carbocycles. The molecule has 0 unspecified atom stereocenters. The largest absolute Gasteiger partial charge is 0.450 e. The van der Waals surface area contributed by atoms with Crippen LogP contribution in [0.4, 0.5) is 9.93 Å². The average molecular weight is 514 g/mol. The molecule has 1 rings (SSSR count). The van der Waals surface area contributed by atoms with Crippen molar-refractivity contribution in [2.45, 2.75) is 72.9 Å². The van der Waals surface area contributed by atoms with E-state index in [1.807, 2.05) is 27.7 Å². The number of rotatable bonds is 15. The van der Waals surface area contributed by atoms with Crippen LogP contribution in [0.2, 0.25) is 0 Å². The summed E-state index contributed by atoms with van der Waals surface area (Å²) in [6, 6.07) is -1.73. The van der Waals surface area contributed by atoms with E-state index in [1.54, 1.807) is 25.4 Å². The summed E-state index contributed by atoms with van der Waals surface area (Å²) in [5, 5.41) is 20.8. The highest BCUT2D eigenvalue weighted by Gasteiger charge is 2.40. The van der Waals surface area contributed by atoms with Crippen molar-refractivity contribution in [3.8, 4) is 0 Å². The van der Waals surface area contributed by atoms with E-state index in [9.17, 15) is 24.4 Å². The summed E-state index contributed by atoms with van der Waals surface area (Å²) in [5.74, 6) is -1.78. The number of carbonyl (C=O) groups is 4. The lowest BCUT2D eigenvalue weighted by Crippen LogP contribution is -2.56. The third-order valence-corrected chi connectivity index (χ3v) is 6.83. The highest BCUT2D eigenvalue weighted by Crippen LogP contribution is 2.30. The molecule has 0 aliphatic heterocycles. The normalized spacial score (nSPS) is 14.7. The fraction of sp³-hybridized carbons (Fsp3) is 0.696. The predicted octanol–water partition coefficient (Wildman–Crippen LogP) is 3.02. The number of hydroxylamine groups is 2. The van der Waals surface area contributed by atoms with Gasteiger partial charge >= 0.3 is 6.09 Å². The second-order valence-electron chi connectivity index (χ2n) is 9.14. The molecule has 4 atom stereocenters. The molecular weight excluding hydrogens is 474 g/mol. The third kappa shape index (κ3) is 9.44.